The molecule has 3 radical (unpaired) electrons. The molecule has 0 nitrogen and oxygen atoms in total. The number of alkyl halides is 3. The zero-order valence-corrected chi connectivity index (χ0v) is 21.7. The molecule has 0 atom stereocenters. The van der Waals surface area contributed by atoms with Gasteiger partial charge in [0.2, 0.25) is 0 Å². The predicted molar refractivity (Wildman–Crippen MR) is 126 cm³/mol. The van der Waals surface area contributed by atoms with Crippen molar-refractivity contribution in [2.24, 2.45) is 0 Å². The van der Waals surface area contributed by atoms with Crippen LogP contribution in [0.4, 0.5) is 17.9 Å². The third kappa shape index (κ3) is 5.94. The first kappa shape index (κ1) is 26.4. The van der Waals surface area contributed by atoms with Gasteiger partial charge in [0.25, 0.3) is 0 Å². The average Bonchev–Trinajstić information content (AvgIpc) is 2.70. The molecular weight excluding hydrogens is 519 g/mol. The summed E-state index contributed by atoms with van der Waals surface area (Å²) in [4.78, 5) is 0. The van der Waals surface area contributed by atoms with Crippen molar-refractivity contribution < 1.29 is 17.9 Å². The molecule has 0 aromatic heterocycles. The van der Waals surface area contributed by atoms with Gasteiger partial charge in [-0.1, -0.05) is 0 Å². The maximum Gasteiger partial charge on any atom is -0.269 e. The van der Waals surface area contributed by atoms with Crippen molar-refractivity contribution in [3.8, 4) is 0 Å². The van der Waals surface area contributed by atoms with Gasteiger partial charge in [-0.3, -0.25) is 4.70 Å². The van der Waals surface area contributed by atoms with Gasteiger partial charge < -0.3 is 0 Å². The Balaban J connectivity index is 0.00000363. The van der Waals surface area contributed by atoms with Crippen LogP contribution in [0.3, 0.4) is 0 Å². The van der Waals surface area contributed by atoms with E-state index >= 15 is 0 Å². The average molecular weight is 548 g/mol. The Morgan fingerprint density at radius 1 is 0.656 bits per heavy atom. The molecule has 169 valence electrons. The summed E-state index contributed by atoms with van der Waals surface area (Å²) >= 11 is 1.01. The predicted octanol–water partition coefficient (Wildman–Crippen LogP) is 6.69. The van der Waals surface area contributed by atoms with Gasteiger partial charge in [0, 0.05) is 0 Å². The fourth-order valence-electron chi connectivity index (χ4n) is 4.28. The monoisotopic (exact) mass is 549 g/mol. The van der Waals surface area contributed by atoms with E-state index in [2.05, 4.69) is 0 Å². The van der Waals surface area contributed by atoms with E-state index in [0.717, 1.165) is 37.2 Å². The number of rotatable bonds is 6. The number of hydrogen-bond acceptors (Lipinski definition) is 0. The molecule has 0 aliphatic carbocycles. The van der Waals surface area contributed by atoms with E-state index in [1.807, 2.05) is 94.4 Å². The fraction of sp³-hybridized carbons (Fsp3) is 0.333. The molecule has 0 N–H and O–H groups in total. The van der Waals surface area contributed by atoms with Crippen LogP contribution in [-0.2, 0) is 29.8 Å². The van der Waals surface area contributed by atoms with Crippen LogP contribution >= 0.6 is 0 Å². The quantitative estimate of drug-likeness (QED) is 0.238. The molecule has 0 unspecified atom stereocenters. The maximum atomic E-state index is 14.5. The van der Waals surface area contributed by atoms with Crippen LogP contribution in [0.2, 0.25) is 0 Å². The minimum Gasteiger partial charge on any atom is -0.269 e. The number of hydrogen-bond donors (Lipinski definition) is 0. The van der Waals surface area contributed by atoms with Gasteiger partial charge in [0.05, 0.1) is 0 Å². The van der Waals surface area contributed by atoms with E-state index in [-0.39, 0.29) is 4.70 Å². The van der Waals surface area contributed by atoms with Gasteiger partial charge in [0.15, 0.2) is 0 Å². The second-order valence-corrected chi connectivity index (χ2v) is 11.0. The molecule has 32 heavy (non-hydrogen) atoms. The van der Waals surface area contributed by atoms with E-state index < -0.39 is 22.6 Å². The van der Waals surface area contributed by atoms with Crippen LogP contribution in [0.1, 0.15) is 55.5 Å². The molecule has 0 bridgehead atoms. The first-order valence-corrected chi connectivity index (χ1v) is 11.9. The van der Waals surface area contributed by atoms with Crippen molar-refractivity contribution in [2.75, 3.05) is 0 Å². The summed E-state index contributed by atoms with van der Waals surface area (Å²) in [5.74, 6) is 0. The van der Waals surface area contributed by atoms with Crippen LogP contribution < -0.4 is 3.58 Å². The molecular formula is C27H29F4Sn. The molecule has 3 aromatic carbocycles. The summed E-state index contributed by atoms with van der Waals surface area (Å²) in [6.07, 6.45) is -3.70. The second-order valence-electron chi connectivity index (χ2n) is 9.48. The van der Waals surface area contributed by atoms with Gasteiger partial charge in [-0.25, -0.2) is 0 Å². The zero-order valence-electron chi connectivity index (χ0n) is 18.9. The fourth-order valence-corrected chi connectivity index (χ4v) is 5.13. The minimum atomic E-state index is -4.39. The Kier molecular flexibility index (Phi) is 8.24. The summed E-state index contributed by atoms with van der Waals surface area (Å²) in [5, 5.41) is 0. The Hall–Kier alpha value is -1.82. The van der Waals surface area contributed by atoms with Gasteiger partial charge in [-0.05, 0) is 0 Å². The molecule has 0 fully saturated rings. The van der Waals surface area contributed by atoms with Crippen molar-refractivity contribution in [1.29, 1.82) is 0 Å². The Bertz CT molecular complexity index is 1020. The number of halogens is 4. The summed E-state index contributed by atoms with van der Waals surface area (Å²) in [5.41, 5.74) is 1.67. The van der Waals surface area contributed by atoms with E-state index in [1.54, 1.807) is 6.07 Å². The van der Waals surface area contributed by atoms with Crippen LogP contribution in [0, 0.1) is 0 Å². The molecule has 0 aliphatic heterocycles. The van der Waals surface area contributed by atoms with Crippen LogP contribution in [0.5, 0.6) is 0 Å². The third-order valence-electron chi connectivity index (χ3n) is 6.04. The van der Waals surface area contributed by atoms with Crippen molar-refractivity contribution >= 4 is 26.1 Å². The summed E-state index contributed by atoms with van der Waals surface area (Å²) in [6.45, 7) is 8.08. The van der Waals surface area contributed by atoms with Crippen LogP contribution in [0.15, 0.2) is 72.8 Å². The van der Waals surface area contributed by atoms with Gasteiger partial charge in [-0.15, -0.1) is 0 Å². The molecule has 0 aliphatic rings. The molecule has 5 heteroatoms. The van der Waals surface area contributed by atoms with Crippen molar-refractivity contribution in [3.05, 3.63) is 101 Å². The van der Waals surface area contributed by atoms with Gasteiger partial charge in [-0.2, -0.15) is 0 Å². The Morgan fingerprint density at radius 3 is 1.53 bits per heavy atom. The van der Waals surface area contributed by atoms with Crippen LogP contribution in [0.25, 0.3) is 0 Å². The SMILES string of the molecule is CC(C)(Cc1cc[c]([Sn])c(CC(C)(C)c2ccccc2)c1C(F)(F)F)c1ccccc1.F. The Morgan fingerprint density at radius 2 is 1.09 bits per heavy atom. The van der Waals surface area contributed by atoms with E-state index in [4.69, 9.17) is 0 Å². The van der Waals surface area contributed by atoms with Crippen molar-refractivity contribution in [2.45, 2.75) is 57.5 Å². The first-order valence-electron chi connectivity index (χ1n) is 10.5. The number of benzene rings is 3. The van der Waals surface area contributed by atoms with Crippen molar-refractivity contribution in [3.63, 3.8) is 0 Å². The summed E-state index contributed by atoms with van der Waals surface area (Å²) in [7, 11) is 0. The minimum absolute atomic E-state index is 0. The molecule has 0 heterocycles. The summed E-state index contributed by atoms with van der Waals surface area (Å²) < 4.78 is 44.1. The standard InChI is InChI=1S/C27H28F3.FH.Sn/c1-25(2,22-14-7-5-8-15-22)18-20-12-11-13-21(24(20)27(28,29)30)19-26(3,4)23-16-9-6-10-17-23;;/h5-12,14-17H,18-19H2,1-4H3;1H;. The Labute approximate surface area is 201 Å². The van der Waals surface area contributed by atoms with Gasteiger partial charge >= 0.3 is 197 Å². The molecule has 3 aromatic rings. The molecule has 3 rings (SSSR count). The smallest absolute Gasteiger partial charge is 0.269 e. The molecule has 0 amide bonds. The van der Waals surface area contributed by atoms with Crippen LogP contribution in [-0.4, -0.2) is 22.5 Å². The van der Waals surface area contributed by atoms with E-state index in [0.29, 0.717) is 24.0 Å². The topological polar surface area (TPSA) is 0 Å². The molecule has 0 saturated carbocycles. The first-order chi connectivity index (χ1) is 14.4. The zero-order chi connectivity index (χ0) is 22.9. The normalized spacial score (nSPS) is 12.4. The van der Waals surface area contributed by atoms with Gasteiger partial charge in [0.1, 0.15) is 0 Å². The second kappa shape index (κ2) is 9.98. The third-order valence-corrected chi connectivity index (χ3v) is 7.38. The van der Waals surface area contributed by atoms with E-state index in [9.17, 15) is 13.2 Å². The summed E-state index contributed by atoms with van der Waals surface area (Å²) in [6, 6.07) is 23.2. The maximum absolute atomic E-state index is 14.5. The largest absolute Gasteiger partial charge is 0.269 e. The van der Waals surface area contributed by atoms with Crippen molar-refractivity contribution in [1.82, 2.24) is 0 Å². The van der Waals surface area contributed by atoms with E-state index in [1.165, 1.54) is 0 Å². The molecule has 0 saturated heterocycles. The molecule has 0 spiro atoms.